The first-order valence-electron chi connectivity index (χ1n) is 5.53. The maximum Gasteiger partial charge on any atom is 0.310 e. The molecule has 116 valence electrons. The molecule has 0 aliphatic rings. The van der Waals surface area contributed by atoms with E-state index in [0.717, 1.165) is 31.2 Å². The molecule has 0 radical (unpaired) electrons. The summed E-state index contributed by atoms with van der Waals surface area (Å²) in [4.78, 5) is 30.1. The Morgan fingerprint density at radius 3 is 2.10 bits per heavy atom. The highest BCUT2D eigenvalue weighted by Gasteiger charge is 2.41. The average Bonchev–Trinajstić information content (AvgIpc) is 2.39. The highest BCUT2D eigenvalue weighted by Crippen LogP contribution is 2.28. The van der Waals surface area contributed by atoms with Crippen LogP contribution in [0.4, 0.5) is 13.2 Å². The summed E-state index contributed by atoms with van der Waals surface area (Å²) in [5.74, 6) is -8.68. The summed E-state index contributed by atoms with van der Waals surface area (Å²) in [6.07, 6.45) is -1.08. The minimum absolute atomic E-state index is 0.348. The summed E-state index contributed by atoms with van der Waals surface area (Å²) in [6.45, 7) is 1.09. The largest absolute Gasteiger partial charge is 0.481 e. The molecule has 2 N–H and O–H groups in total. The molecule has 21 heavy (non-hydrogen) atoms. The van der Waals surface area contributed by atoms with Gasteiger partial charge < -0.3 is 10.3 Å². The van der Waals surface area contributed by atoms with Crippen LogP contribution in [0.25, 0.3) is 0 Å². The van der Waals surface area contributed by atoms with E-state index < -0.39 is 35.8 Å². The van der Waals surface area contributed by atoms with Crippen molar-refractivity contribution >= 4 is 11.8 Å². The van der Waals surface area contributed by atoms with Gasteiger partial charge in [-0.3, -0.25) is 9.59 Å². The van der Waals surface area contributed by atoms with Gasteiger partial charge in [-0.1, -0.05) is 6.92 Å². The Labute approximate surface area is 117 Å². The highest BCUT2D eigenvalue weighted by atomic mass is 19.3. The fraction of sp³-hybridized carbons (Fsp3) is 0.333. The van der Waals surface area contributed by atoms with Crippen LogP contribution in [0.15, 0.2) is 29.6 Å². The first-order chi connectivity index (χ1) is 9.65. The van der Waals surface area contributed by atoms with Crippen LogP contribution in [-0.4, -0.2) is 28.0 Å². The first kappa shape index (κ1) is 18.6. The molecule has 1 atom stereocenters. The van der Waals surface area contributed by atoms with Crippen molar-refractivity contribution in [1.82, 2.24) is 0 Å². The predicted octanol–water partition coefficient (Wildman–Crippen LogP) is 2.90. The van der Waals surface area contributed by atoms with Crippen molar-refractivity contribution in [2.45, 2.75) is 19.3 Å². The fourth-order valence-corrected chi connectivity index (χ4v) is 1.38. The SMILES string of the molecule is CC(CC(F)(F)C(=O)c1ccc(F)cc1)C(=O)O.O=NO. The van der Waals surface area contributed by atoms with Crippen molar-refractivity contribution in [2.75, 3.05) is 0 Å². The number of nitrogens with zero attached hydrogens (tertiary/aromatic N) is 1. The number of carbonyl (C=O) groups is 2. The Morgan fingerprint density at radius 2 is 1.71 bits per heavy atom. The second kappa shape index (κ2) is 7.98. The fourth-order valence-electron chi connectivity index (χ4n) is 1.38. The molecule has 0 heterocycles. The lowest BCUT2D eigenvalue weighted by atomic mass is 9.96. The van der Waals surface area contributed by atoms with E-state index in [9.17, 15) is 22.8 Å². The predicted molar refractivity (Wildman–Crippen MR) is 64.7 cm³/mol. The molecule has 1 rings (SSSR count). The standard InChI is InChI=1S/C12H11F3O3.HNO2/c1-7(11(17)18)6-12(14,15)10(16)8-2-4-9(13)5-3-8;2-1-3/h2-5,7H,6H2,1H3,(H,17,18);(H,2,3). The third kappa shape index (κ3) is 6.02. The average molecular weight is 307 g/mol. The molecule has 6 nitrogen and oxygen atoms in total. The maximum absolute atomic E-state index is 13.5. The number of hydrogen-bond acceptors (Lipinski definition) is 4. The Kier molecular flexibility index (Phi) is 7.05. The number of Topliss-reactive ketones (excluding diaryl/α,β-unsaturated/α-hetero) is 1. The van der Waals surface area contributed by atoms with Crippen molar-refractivity contribution < 1.29 is 33.1 Å². The number of halogens is 3. The van der Waals surface area contributed by atoms with E-state index in [1.807, 2.05) is 0 Å². The number of ketones is 1. The third-order valence-electron chi connectivity index (χ3n) is 2.42. The molecule has 0 fully saturated rings. The zero-order valence-corrected chi connectivity index (χ0v) is 10.8. The molecular weight excluding hydrogens is 295 g/mol. The van der Waals surface area contributed by atoms with Crippen molar-refractivity contribution in [1.29, 1.82) is 0 Å². The van der Waals surface area contributed by atoms with Crippen LogP contribution in [0.5, 0.6) is 0 Å². The van der Waals surface area contributed by atoms with Crippen LogP contribution < -0.4 is 0 Å². The van der Waals surface area contributed by atoms with Crippen LogP contribution in [0.3, 0.4) is 0 Å². The third-order valence-corrected chi connectivity index (χ3v) is 2.42. The summed E-state index contributed by atoms with van der Waals surface area (Å²) in [5, 5.41) is 16.4. The van der Waals surface area contributed by atoms with Gasteiger partial charge in [0.1, 0.15) is 5.82 Å². The number of carboxylic acids is 1. The normalized spacial score (nSPS) is 11.8. The molecule has 0 aromatic heterocycles. The summed E-state index contributed by atoms with van der Waals surface area (Å²) < 4.78 is 39.6. The van der Waals surface area contributed by atoms with E-state index in [-0.39, 0.29) is 5.56 Å². The number of carboxylic acid groups (broad SMARTS) is 1. The molecule has 0 aliphatic carbocycles. The lowest BCUT2D eigenvalue weighted by Crippen LogP contribution is -2.32. The minimum atomic E-state index is -3.78. The van der Waals surface area contributed by atoms with Crippen molar-refractivity contribution in [2.24, 2.45) is 11.3 Å². The van der Waals surface area contributed by atoms with Gasteiger partial charge in [0.25, 0.3) is 0 Å². The van der Waals surface area contributed by atoms with Crippen LogP contribution in [0.2, 0.25) is 0 Å². The lowest BCUT2D eigenvalue weighted by Gasteiger charge is -2.17. The summed E-state index contributed by atoms with van der Waals surface area (Å²) >= 11 is 0. The molecule has 1 aromatic rings. The van der Waals surface area contributed by atoms with Gasteiger partial charge in [-0.25, -0.2) is 4.39 Å². The van der Waals surface area contributed by atoms with E-state index in [0.29, 0.717) is 0 Å². The smallest absolute Gasteiger partial charge is 0.310 e. The van der Waals surface area contributed by atoms with E-state index in [2.05, 4.69) is 0 Å². The molecule has 0 bridgehead atoms. The summed E-state index contributed by atoms with van der Waals surface area (Å²) in [7, 11) is 0. The van der Waals surface area contributed by atoms with Gasteiger partial charge in [0.15, 0.2) is 5.34 Å². The summed E-state index contributed by atoms with van der Waals surface area (Å²) in [6, 6.07) is 3.67. The molecule has 0 amide bonds. The van der Waals surface area contributed by atoms with Gasteiger partial charge in [0, 0.05) is 12.0 Å². The van der Waals surface area contributed by atoms with E-state index in [4.69, 9.17) is 15.2 Å². The molecular formula is C12H12F3NO5. The molecule has 0 saturated carbocycles. The molecule has 0 aliphatic heterocycles. The number of aliphatic carboxylic acids is 1. The Balaban J connectivity index is 0.00000122. The maximum atomic E-state index is 13.5. The van der Waals surface area contributed by atoms with Gasteiger partial charge in [-0.2, -0.15) is 8.78 Å². The van der Waals surface area contributed by atoms with Gasteiger partial charge >= 0.3 is 11.9 Å². The van der Waals surface area contributed by atoms with E-state index in [1.54, 1.807) is 0 Å². The van der Waals surface area contributed by atoms with Crippen molar-refractivity contribution in [3.8, 4) is 0 Å². The van der Waals surface area contributed by atoms with Crippen LogP contribution >= 0.6 is 0 Å². The number of benzene rings is 1. The second-order valence-electron chi connectivity index (χ2n) is 4.07. The zero-order chi connectivity index (χ0) is 16.6. The molecule has 1 unspecified atom stereocenters. The molecule has 9 heteroatoms. The zero-order valence-electron chi connectivity index (χ0n) is 10.8. The number of rotatable bonds is 5. The van der Waals surface area contributed by atoms with Gasteiger partial charge in [-0.15, -0.1) is 4.91 Å². The second-order valence-corrected chi connectivity index (χ2v) is 4.07. The van der Waals surface area contributed by atoms with Crippen LogP contribution in [0.1, 0.15) is 23.7 Å². The van der Waals surface area contributed by atoms with Crippen molar-refractivity contribution in [3.63, 3.8) is 0 Å². The number of carbonyl (C=O) groups excluding carboxylic acids is 1. The molecule has 0 spiro atoms. The Bertz CT molecular complexity index is 504. The van der Waals surface area contributed by atoms with Crippen LogP contribution in [-0.2, 0) is 4.79 Å². The monoisotopic (exact) mass is 307 g/mol. The molecule has 1 aromatic carbocycles. The topological polar surface area (TPSA) is 104 Å². The number of hydrogen-bond donors (Lipinski definition) is 2. The number of alkyl halides is 2. The van der Waals surface area contributed by atoms with E-state index in [1.165, 1.54) is 5.34 Å². The molecule has 0 saturated heterocycles. The Hall–Kier alpha value is -2.45. The van der Waals surface area contributed by atoms with Gasteiger partial charge in [0.05, 0.1) is 5.92 Å². The first-order valence-corrected chi connectivity index (χ1v) is 5.53. The minimum Gasteiger partial charge on any atom is -0.481 e. The van der Waals surface area contributed by atoms with Gasteiger partial charge in [-0.05, 0) is 24.3 Å². The lowest BCUT2D eigenvalue weighted by molar-refractivity contribution is -0.143. The highest BCUT2D eigenvalue weighted by molar-refractivity contribution is 6.01. The van der Waals surface area contributed by atoms with Crippen molar-refractivity contribution in [3.05, 3.63) is 40.6 Å². The Morgan fingerprint density at radius 1 is 1.29 bits per heavy atom. The summed E-state index contributed by atoms with van der Waals surface area (Å²) in [5.41, 5.74) is -0.348. The van der Waals surface area contributed by atoms with E-state index >= 15 is 0 Å². The quantitative estimate of drug-likeness (QED) is 0.494. The van der Waals surface area contributed by atoms with Crippen LogP contribution in [0, 0.1) is 16.6 Å². The van der Waals surface area contributed by atoms with Gasteiger partial charge in [0.2, 0.25) is 5.78 Å².